The molecule has 3 rings (SSSR count). The molecule has 154 valence electrons. The van der Waals surface area contributed by atoms with E-state index in [9.17, 15) is 24.3 Å². The SMILES string of the molecule is O=C(CCN1C(=O)SC(=Cc2ccc(Cl)cc2)C1=O)Nc1ccc(C(=O)O)cc1O. The molecule has 8 nitrogen and oxygen atoms in total. The maximum atomic E-state index is 12.5. The van der Waals surface area contributed by atoms with Crippen LogP contribution in [0.3, 0.4) is 0 Å². The van der Waals surface area contributed by atoms with E-state index in [1.807, 2.05) is 0 Å². The Hall–Kier alpha value is -3.30. The van der Waals surface area contributed by atoms with E-state index < -0.39 is 28.8 Å². The van der Waals surface area contributed by atoms with Gasteiger partial charge in [-0.1, -0.05) is 23.7 Å². The van der Waals surface area contributed by atoms with E-state index in [2.05, 4.69) is 5.32 Å². The number of benzene rings is 2. The maximum absolute atomic E-state index is 12.5. The summed E-state index contributed by atoms with van der Waals surface area (Å²) in [5, 5.41) is 21.2. The third kappa shape index (κ3) is 5.00. The molecule has 1 aliphatic rings. The number of carbonyl (C=O) groups excluding carboxylic acids is 3. The lowest BCUT2D eigenvalue weighted by atomic mass is 10.2. The molecule has 3 N–H and O–H groups in total. The largest absolute Gasteiger partial charge is 0.506 e. The average molecular weight is 447 g/mol. The van der Waals surface area contributed by atoms with Crippen molar-refractivity contribution >= 4 is 58.1 Å². The molecule has 0 atom stereocenters. The van der Waals surface area contributed by atoms with Gasteiger partial charge in [-0.05, 0) is 53.7 Å². The Bertz CT molecular complexity index is 1070. The van der Waals surface area contributed by atoms with Crippen LogP contribution in [-0.2, 0) is 9.59 Å². The quantitative estimate of drug-likeness (QED) is 0.455. The Labute approximate surface area is 180 Å². The molecule has 2 aromatic rings. The second kappa shape index (κ2) is 9.02. The number of thioether (sulfide) groups is 1. The molecular weight excluding hydrogens is 432 g/mol. The lowest BCUT2D eigenvalue weighted by Crippen LogP contribution is -2.31. The van der Waals surface area contributed by atoms with E-state index in [1.54, 1.807) is 30.3 Å². The monoisotopic (exact) mass is 446 g/mol. The second-order valence-corrected chi connectivity index (χ2v) is 7.65. The fourth-order valence-corrected chi connectivity index (χ4v) is 3.59. The number of aromatic carboxylic acids is 1. The Kier molecular flexibility index (Phi) is 6.43. The predicted octanol–water partition coefficient (Wildman–Crippen LogP) is 3.81. The molecule has 1 fully saturated rings. The van der Waals surface area contributed by atoms with Gasteiger partial charge in [0.25, 0.3) is 11.1 Å². The molecule has 0 radical (unpaired) electrons. The summed E-state index contributed by atoms with van der Waals surface area (Å²) in [5.74, 6) is -2.66. The minimum atomic E-state index is -1.21. The zero-order valence-corrected chi connectivity index (χ0v) is 16.9. The number of phenolic OH excluding ortho intramolecular Hbond substituents is 1. The zero-order chi connectivity index (χ0) is 21.8. The smallest absolute Gasteiger partial charge is 0.335 e. The number of carboxylic acid groups (broad SMARTS) is 1. The van der Waals surface area contributed by atoms with Crippen LogP contribution in [0.15, 0.2) is 47.4 Å². The van der Waals surface area contributed by atoms with Gasteiger partial charge in [0.15, 0.2) is 0 Å². The van der Waals surface area contributed by atoms with E-state index >= 15 is 0 Å². The number of phenols is 1. The highest BCUT2D eigenvalue weighted by Gasteiger charge is 2.35. The topological polar surface area (TPSA) is 124 Å². The van der Waals surface area contributed by atoms with Gasteiger partial charge in [-0.3, -0.25) is 19.3 Å². The summed E-state index contributed by atoms with van der Waals surface area (Å²) < 4.78 is 0. The highest BCUT2D eigenvalue weighted by molar-refractivity contribution is 8.18. The molecule has 0 unspecified atom stereocenters. The van der Waals surface area contributed by atoms with Gasteiger partial charge < -0.3 is 15.5 Å². The fourth-order valence-electron chi connectivity index (χ4n) is 2.60. The van der Waals surface area contributed by atoms with Crippen molar-refractivity contribution < 1.29 is 29.4 Å². The second-order valence-electron chi connectivity index (χ2n) is 6.22. The summed E-state index contributed by atoms with van der Waals surface area (Å²) in [6.45, 7) is -0.136. The minimum Gasteiger partial charge on any atom is -0.506 e. The molecule has 0 saturated carbocycles. The molecule has 1 aliphatic heterocycles. The van der Waals surface area contributed by atoms with Crippen LogP contribution >= 0.6 is 23.4 Å². The predicted molar refractivity (Wildman–Crippen MR) is 112 cm³/mol. The van der Waals surface area contributed by atoms with E-state index in [0.717, 1.165) is 22.7 Å². The number of halogens is 1. The summed E-state index contributed by atoms with van der Waals surface area (Å²) in [7, 11) is 0. The Morgan fingerprint density at radius 3 is 2.47 bits per heavy atom. The van der Waals surface area contributed by atoms with Crippen LogP contribution in [0.25, 0.3) is 6.08 Å². The number of anilines is 1. The van der Waals surface area contributed by atoms with Gasteiger partial charge in [0, 0.05) is 18.0 Å². The first kappa shape index (κ1) is 21.4. The molecule has 0 aromatic heterocycles. The van der Waals surface area contributed by atoms with Gasteiger partial charge in [0.1, 0.15) is 5.75 Å². The van der Waals surface area contributed by atoms with Gasteiger partial charge in [-0.25, -0.2) is 4.79 Å². The van der Waals surface area contributed by atoms with Crippen molar-refractivity contribution in [2.75, 3.05) is 11.9 Å². The number of carboxylic acids is 1. The van der Waals surface area contributed by atoms with Crippen molar-refractivity contribution in [1.29, 1.82) is 0 Å². The lowest BCUT2D eigenvalue weighted by Gasteiger charge is -2.13. The van der Waals surface area contributed by atoms with Crippen LogP contribution in [0, 0.1) is 0 Å². The molecule has 10 heteroatoms. The van der Waals surface area contributed by atoms with Crippen LogP contribution in [0.4, 0.5) is 10.5 Å². The number of rotatable bonds is 6. The van der Waals surface area contributed by atoms with E-state index in [0.29, 0.717) is 10.6 Å². The van der Waals surface area contributed by atoms with Crippen LogP contribution in [0.2, 0.25) is 5.02 Å². The standard InChI is InChI=1S/C20H15ClN2O6S/c21-13-4-1-11(2-5-13)9-16-18(26)23(20(29)30-16)8-7-17(25)22-14-6-3-12(19(27)28)10-15(14)24/h1-6,9-10,24H,7-8H2,(H,22,25)(H,27,28). The number of carbonyl (C=O) groups is 4. The average Bonchev–Trinajstić information content (AvgIpc) is 2.96. The van der Waals surface area contributed by atoms with Gasteiger partial charge in [-0.15, -0.1) is 0 Å². The molecule has 1 saturated heterocycles. The van der Waals surface area contributed by atoms with Crippen molar-refractivity contribution in [1.82, 2.24) is 4.90 Å². The zero-order valence-electron chi connectivity index (χ0n) is 15.3. The summed E-state index contributed by atoms with van der Waals surface area (Å²) >= 11 is 6.61. The molecule has 0 bridgehead atoms. The Morgan fingerprint density at radius 1 is 1.13 bits per heavy atom. The Balaban J connectivity index is 1.60. The molecule has 2 aromatic carbocycles. The summed E-state index contributed by atoms with van der Waals surface area (Å²) in [6.07, 6.45) is 1.38. The van der Waals surface area contributed by atoms with Crippen LogP contribution in [0.5, 0.6) is 5.75 Å². The van der Waals surface area contributed by atoms with E-state index in [4.69, 9.17) is 16.7 Å². The molecule has 3 amide bonds. The highest BCUT2D eigenvalue weighted by atomic mass is 35.5. The van der Waals surface area contributed by atoms with Crippen molar-refractivity contribution in [3.8, 4) is 5.75 Å². The van der Waals surface area contributed by atoms with Crippen LogP contribution in [0.1, 0.15) is 22.3 Å². The van der Waals surface area contributed by atoms with Crippen molar-refractivity contribution in [3.63, 3.8) is 0 Å². The Morgan fingerprint density at radius 2 is 1.83 bits per heavy atom. The third-order valence-corrected chi connectivity index (χ3v) is 5.28. The normalized spacial score (nSPS) is 15.0. The molecule has 1 heterocycles. The number of imide groups is 1. The number of hydrogen-bond acceptors (Lipinski definition) is 6. The molecule has 30 heavy (non-hydrogen) atoms. The van der Waals surface area contributed by atoms with Crippen molar-refractivity contribution in [3.05, 3.63) is 63.5 Å². The van der Waals surface area contributed by atoms with Gasteiger partial charge in [-0.2, -0.15) is 0 Å². The highest BCUT2D eigenvalue weighted by Crippen LogP contribution is 2.32. The van der Waals surface area contributed by atoms with E-state index in [1.165, 1.54) is 12.1 Å². The third-order valence-electron chi connectivity index (χ3n) is 4.12. The summed E-state index contributed by atoms with van der Waals surface area (Å²) in [6, 6.07) is 10.3. The van der Waals surface area contributed by atoms with E-state index in [-0.39, 0.29) is 29.1 Å². The number of amides is 3. The van der Waals surface area contributed by atoms with Gasteiger partial charge in [0.05, 0.1) is 16.2 Å². The first-order chi connectivity index (χ1) is 14.2. The summed E-state index contributed by atoms with van der Waals surface area (Å²) in [4.78, 5) is 48.8. The number of nitrogens with one attached hydrogen (secondary N) is 1. The number of nitrogens with zero attached hydrogens (tertiary/aromatic N) is 1. The van der Waals surface area contributed by atoms with Crippen molar-refractivity contribution in [2.24, 2.45) is 0 Å². The minimum absolute atomic E-state index is 0.0294. The first-order valence-corrected chi connectivity index (χ1v) is 9.81. The summed E-state index contributed by atoms with van der Waals surface area (Å²) in [5.41, 5.74) is 0.612. The van der Waals surface area contributed by atoms with Crippen LogP contribution in [-0.4, -0.2) is 44.7 Å². The number of hydrogen-bond donors (Lipinski definition) is 3. The first-order valence-electron chi connectivity index (χ1n) is 8.61. The number of aromatic hydroxyl groups is 1. The van der Waals surface area contributed by atoms with Gasteiger partial charge >= 0.3 is 5.97 Å². The fraction of sp³-hybridized carbons (Fsp3) is 0.100. The van der Waals surface area contributed by atoms with Crippen molar-refractivity contribution in [2.45, 2.75) is 6.42 Å². The molecule has 0 spiro atoms. The lowest BCUT2D eigenvalue weighted by molar-refractivity contribution is -0.123. The maximum Gasteiger partial charge on any atom is 0.335 e. The van der Waals surface area contributed by atoms with Crippen LogP contribution < -0.4 is 5.32 Å². The van der Waals surface area contributed by atoms with Gasteiger partial charge in [0.2, 0.25) is 5.91 Å². The molecular formula is C20H15ClN2O6S. The molecule has 0 aliphatic carbocycles.